The summed E-state index contributed by atoms with van der Waals surface area (Å²) in [6.07, 6.45) is 6.70. The Bertz CT molecular complexity index is 2160. The highest BCUT2D eigenvalue weighted by molar-refractivity contribution is 5.86. The van der Waals surface area contributed by atoms with Gasteiger partial charge in [-0.3, -0.25) is 0 Å². The molecule has 5 aliphatic rings. The summed E-state index contributed by atoms with van der Waals surface area (Å²) in [5.41, 5.74) is 11.9. The fraction of sp³-hybridized carbons (Fsp3) is 0.227. The summed E-state index contributed by atoms with van der Waals surface area (Å²) >= 11 is 0. The third-order valence-corrected chi connectivity index (χ3v) is 12.0. The molecule has 4 nitrogen and oxygen atoms in total. The maximum atomic E-state index is 9.40. The van der Waals surface area contributed by atoms with Crippen LogP contribution in [0.1, 0.15) is 48.8 Å². The van der Waals surface area contributed by atoms with Gasteiger partial charge in [-0.05, 0) is 113 Å². The van der Waals surface area contributed by atoms with Crippen LogP contribution >= 0.6 is 0 Å². The molecule has 1 heterocycles. The van der Waals surface area contributed by atoms with Crippen molar-refractivity contribution in [1.29, 1.82) is 5.26 Å². The predicted octanol–water partition coefficient (Wildman–Crippen LogP) is 10.1. The predicted molar refractivity (Wildman–Crippen MR) is 190 cm³/mol. The maximum absolute atomic E-state index is 9.40. The summed E-state index contributed by atoms with van der Waals surface area (Å²) in [5, 5.41) is 9.40. The average molecular weight is 619 g/mol. The lowest BCUT2D eigenvalue weighted by molar-refractivity contribution is -0.0399. The summed E-state index contributed by atoms with van der Waals surface area (Å²) < 4.78 is 0. The van der Waals surface area contributed by atoms with Crippen molar-refractivity contribution in [2.45, 2.75) is 37.5 Å². The molecule has 4 heteroatoms. The second-order valence-corrected chi connectivity index (χ2v) is 14.4. The Morgan fingerprint density at radius 2 is 0.938 bits per heavy atom. The molecule has 1 spiro atoms. The highest BCUT2D eigenvalue weighted by Gasteiger charge is 2.61. The number of nitriles is 1. The van der Waals surface area contributed by atoms with Gasteiger partial charge in [-0.15, -0.1) is 0 Å². The van der Waals surface area contributed by atoms with Crippen LogP contribution in [0, 0.1) is 35.0 Å². The molecular formula is C44H34N4. The number of nitrogens with zero attached hydrogens (tertiary/aromatic N) is 4. The Hall–Kier alpha value is -5.40. The van der Waals surface area contributed by atoms with Crippen molar-refractivity contribution in [3.63, 3.8) is 0 Å². The van der Waals surface area contributed by atoms with E-state index in [4.69, 9.17) is 15.0 Å². The van der Waals surface area contributed by atoms with E-state index in [2.05, 4.69) is 78.9 Å². The number of aromatic nitrogens is 3. The second-order valence-electron chi connectivity index (χ2n) is 14.4. The first kappa shape index (κ1) is 27.7. The van der Waals surface area contributed by atoms with E-state index in [9.17, 15) is 5.26 Å². The normalized spacial score (nSPS) is 24.3. The Morgan fingerprint density at radius 1 is 0.479 bits per heavy atom. The van der Waals surface area contributed by atoms with Gasteiger partial charge in [0.2, 0.25) is 0 Å². The first-order valence-corrected chi connectivity index (χ1v) is 17.3. The van der Waals surface area contributed by atoms with Gasteiger partial charge in [0.15, 0.2) is 17.5 Å². The first-order chi connectivity index (χ1) is 23.7. The molecule has 1 aromatic heterocycles. The van der Waals surface area contributed by atoms with E-state index in [1.165, 1.54) is 65.5 Å². The van der Waals surface area contributed by atoms with E-state index in [-0.39, 0.29) is 5.41 Å². The van der Waals surface area contributed by atoms with E-state index in [0.29, 0.717) is 29.0 Å². The van der Waals surface area contributed by atoms with Gasteiger partial charge in [0.25, 0.3) is 0 Å². The monoisotopic (exact) mass is 618 g/mol. The van der Waals surface area contributed by atoms with E-state index < -0.39 is 0 Å². The molecule has 4 bridgehead atoms. The van der Waals surface area contributed by atoms with E-state index >= 15 is 0 Å². The lowest BCUT2D eigenvalue weighted by Gasteiger charge is -2.61. The largest absolute Gasteiger partial charge is 0.208 e. The number of benzene rings is 5. The summed E-state index contributed by atoms with van der Waals surface area (Å²) in [6, 6.07) is 45.0. The van der Waals surface area contributed by atoms with Gasteiger partial charge in [0.05, 0.1) is 11.6 Å². The molecule has 4 fully saturated rings. The fourth-order valence-electron chi connectivity index (χ4n) is 10.2. The summed E-state index contributed by atoms with van der Waals surface area (Å²) in [5.74, 6) is 5.11. The topological polar surface area (TPSA) is 62.5 Å². The SMILES string of the molecule is N#Cc1ccc(-c2ccc3c(c2)C2(c4cc(-c5nc(-c6ccccc6)nc(-c6ccccc6)n5)ccc4-3)C3CC4CC(C3)CC2C4)cc1. The van der Waals surface area contributed by atoms with Crippen LogP contribution in [0.2, 0.25) is 0 Å². The first-order valence-electron chi connectivity index (χ1n) is 17.3. The van der Waals surface area contributed by atoms with Gasteiger partial charge in [-0.1, -0.05) is 97.1 Å². The van der Waals surface area contributed by atoms with Crippen molar-refractivity contribution < 1.29 is 0 Å². The molecule has 5 aromatic carbocycles. The highest BCUT2D eigenvalue weighted by atomic mass is 15.0. The van der Waals surface area contributed by atoms with Gasteiger partial charge >= 0.3 is 0 Å². The van der Waals surface area contributed by atoms with Gasteiger partial charge in [0, 0.05) is 22.1 Å². The molecule has 0 saturated heterocycles. The molecule has 0 aliphatic heterocycles. The molecule has 0 radical (unpaired) electrons. The molecule has 4 saturated carbocycles. The van der Waals surface area contributed by atoms with E-state index in [1.807, 2.05) is 48.5 Å². The molecular weight excluding hydrogens is 585 g/mol. The number of hydrogen-bond acceptors (Lipinski definition) is 4. The molecule has 0 atom stereocenters. The third kappa shape index (κ3) is 4.10. The standard InChI is InChI=1S/C44H34N4/c45-26-27-11-13-30(14-12-27)33-15-17-37-38-18-16-34(25-40(38)44(39(37)24-33)35-20-28-19-29(22-35)23-36(44)21-28)43-47-41(31-7-3-1-4-8-31)46-42(48-43)32-9-5-2-6-10-32/h1-18,24-25,28-29,35-36H,19-23H2. The quantitative estimate of drug-likeness (QED) is 0.197. The zero-order chi connectivity index (χ0) is 31.8. The van der Waals surface area contributed by atoms with Crippen molar-refractivity contribution in [1.82, 2.24) is 15.0 Å². The molecule has 11 rings (SSSR count). The van der Waals surface area contributed by atoms with Gasteiger partial charge in [-0.25, -0.2) is 15.0 Å². The van der Waals surface area contributed by atoms with Crippen molar-refractivity contribution in [2.24, 2.45) is 23.7 Å². The smallest absolute Gasteiger partial charge is 0.164 e. The fourth-order valence-corrected chi connectivity index (χ4v) is 10.2. The lowest BCUT2D eigenvalue weighted by Crippen LogP contribution is -2.55. The maximum Gasteiger partial charge on any atom is 0.164 e. The van der Waals surface area contributed by atoms with Crippen molar-refractivity contribution >= 4 is 0 Å². The Balaban J connectivity index is 1.16. The van der Waals surface area contributed by atoms with Crippen molar-refractivity contribution in [2.75, 3.05) is 0 Å². The van der Waals surface area contributed by atoms with Crippen LogP contribution in [0.4, 0.5) is 0 Å². The molecule has 6 aromatic rings. The molecule has 0 unspecified atom stereocenters. The zero-order valence-electron chi connectivity index (χ0n) is 26.7. The molecule has 48 heavy (non-hydrogen) atoms. The minimum absolute atomic E-state index is 0.00570. The van der Waals surface area contributed by atoms with Crippen LogP contribution in [0.25, 0.3) is 56.4 Å². The number of rotatable bonds is 4. The number of hydrogen-bond donors (Lipinski definition) is 0. The molecule has 230 valence electrons. The summed E-state index contributed by atoms with van der Waals surface area (Å²) in [6.45, 7) is 0. The second kappa shape index (κ2) is 10.6. The van der Waals surface area contributed by atoms with Crippen LogP contribution in [-0.2, 0) is 5.41 Å². The van der Waals surface area contributed by atoms with E-state index in [0.717, 1.165) is 34.4 Å². The number of fused-ring (bicyclic) bond motifs is 3. The van der Waals surface area contributed by atoms with Gasteiger partial charge < -0.3 is 0 Å². The Kier molecular flexibility index (Phi) is 6.09. The molecule has 0 amide bonds. The minimum atomic E-state index is -0.00570. The van der Waals surface area contributed by atoms with Crippen LogP contribution in [-0.4, -0.2) is 15.0 Å². The minimum Gasteiger partial charge on any atom is -0.208 e. The molecule has 0 N–H and O–H groups in total. The molecule has 5 aliphatic carbocycles. The summed E-state index contributed by atoms with van der Waals surface area (Å²) in [7, 11) is 0. The van der Waals surface area contributed by atoms with E-state index in [1.54, 1.807) is 0 Å². The van der Waals surface area contributed by atoms with Crippen LogP contribution < -0.4 is 0 Å². The van der Waals surface area contributed by atoms with Crippen molar-refractivity contribution in [3.05, 3.63) is 138 Å². The Morgan fingerprint density at radius 3 is 1.46 bits per heavy atom. The third-order valence-electron chi connectivity index (χ3n) is 12.0. The lowest BCUT2D eigenvalue weighted by atomic mass is 9.43. The van der Waals surface area contributed by atoms with Gasteiger partial charge in [0.1, 0.15) is 0 Å². The van der Waals surface area contributed by atoms with Gasteiger partial charge in [-0.2, -0.15) is 5.26 Å². The summed E-state index contributed by atoms with van der Waals surface area (Å²) in [4.78, 5) is 15.2. The van der Waals surface area contributed by atoms with Crippen molar-refractivity contribution in [3.8, 4) is 62.5 Å². The van der Waals surface area contributed by atoms with Crippen LogP contribution in [0.15, 0.2) is 121 Å². The van der Waals surface area contributed by atoms with Crippen LogP contribution in [0.3, 0.4) is 0 Å². The highest BCUT2D eigenvalue weighted by Crippen LogP contribution is 2.69. The Labute approximate surface area is 281 Å². The average Bonchev–Trinajstić information content (AvgIpc) is 3.43. The zero-order valence-corrected chi connectivity index (χ0v) is 26.7. The van der Waals surface area contributed by atoms with Crippen LogP contribution in [0.5, 0.6) is 0 Å².